The molecule has 0 radical (unpaired) electrons. The van der Waals surface area contributed by atoms with Crippen LogP contribution in [0.2, 0.25) is 0 Å². The molecular formula is C17H30N2O. The van der Waals surface area contributed by atoms with Crippen LogP contribution in [-0.2, 0) is 6.42 Å². The number of rotatable bonds is 7. The van der Waals surface area contributed by atoms with Crippen molar-refractivity contribution < 1.29 is 4.79 Å². The highest BCUT2D eigenvalue weighted by Gasteiger charge is 2.07. The number of amides is 1. The van der Waals surface area contributed by atoms with Gasteiger partial charge in [0.2, 0.25) is 0 Å². The second kappa shape index (κ2) is 11.3. The first kappa shape index (κ1) is 18.5. The van der Waals surface area contributed by atoms with Crippen LogP contribution in [0.25, 0.3) is 0 Å². The first-order valence-corrected chi connectivity index (χ1v) is 7.87. The van der Waals surface area contributed by atoms with E-state index in [9.17, 15) is 4.79 Å². The fraction of sp³-hybridized carbons (Fsp3) is 0.588. The molecule has 0 heterocycles. The summed E-state index contributed by atoms with van der Waals surface area (Å²) >= 11 is 0. The predicted molar refractivity (Wildman–Crippen MR) is 88.6 cm³/mol. The van der Waals surface area contributed by atoms with Crippen molar-refractivity contribution in [2.24, 2.45) is 0 Å². The Morgan fingerprint density at radius 3 is 2.25 bits per heavy atom. The third kappa shape index (κ3) is 6.09. The lowest BCUT2D eigenvalue weighted by molar-refractivity contribution is 0.0953. The molecule has 114 valence electrons. The summed E-state index contributed by atoms with van der Waals surface area (Å²) in [6.07, 6.45) is 2.99. The molecule has 0 bridgehead atoms. The molecule has 0 aliphatic rings. The molecule has 0 spiro atoms. The molecule has 1 rings (SSSR count). The minimum absolute atomic E-state index is 0.0218. The Labute approximate surface area is 124 Å². The maximum absolute atomic E-state index is 11.9. The largest absolute Gasteiger partial charge is 0.385 e. The van der Waals surface area contributed by atoms with Crippen molar-refractivity contribution in [2.75, 3.05) is 18.4 Å². The number of benzene rings is 1. The summed E-state index contributed by atoms with van der Waals surface area (Å²) in [4.78, 5) is 11.9. The Hall–Kier alpha value is -1.51. The van der Waals surface area contributed by atoms with Crippen LogP contribution in [0.3, 0.4) is 0 Å². The van der Waals surface area contributed by atoms with Gasteiger partial charge in [0, 0.05) is 24.3 Å². The minimum Gasteiger partial charge on any atom is -0.385 e. The van der Waals surface area contributed by atoms with Crippen LogP contribution < -0.4 is 10.6 Å². The lowest BCUT2D eigenvalue weighted by Gasteiger charge is -2.12. The van der Waals surface area contributed by atoms with Gasteiger partial charge in [-0.1, -0.05) is 34.6 Å². The minimum atomic E-state index is 0.0218. The van der Waals surface area contributed by atoms with E-state index < -0.39 is 0 Å². The van der Waals surface area contributed by atoms with Crippen molar-refractivity contribution in [2.45, 2.75) is 53.9 Å². The molecule has 1 aromatic carbocycles. The lowest BCUT2D eigenvalue weighted by atomic mass is 10.1. The van der Waals surface area contributed by atoms with Crippen LogP contribution in [0.1, 0.15) is 63.4 Å². The Morgan fingerprint density at radius 1 is 1.05 bits per heavy atom. The number of nitrogens with one attached hydrogen (secondary N) is 2. The number of anilines is 1. The van der Waals surface area contributed by atoms with Gasteiger partial charge in [-0.05, 0) is 43.0 Å². The van der Waals surface area contributed by atoms with Crippen LogP contribution in [0.4, 0.5) is 5.69 Å². The topological polar surface area (TPSA) is 41.1 Å². The Morgan fingerprint density at radius 2 is 1.70 bits per heavy atom. The molecule has 20 heavy (non-hydrogen) atoms. The summed E-state index contributed by atoms with van der Waals surface area (Å²) in [6, 6.07) is 5.89. The summed E-state index contributed by atoms with van der Waals surface area (Å²) < 4.78 is 0. The zero-order chi connectivity index (χ0) is 15.4. The average Bonchev–Trinajstić information content (AvgIpc) is 2.52. The first-order chi connectivity index (χ1) is 9.72. The fourth-order valence-corrected chi connectivity index (χ4v) is 1.80. The standard InChI is InChI=1S/C15H24N2O.C2H6/c1-4-9-16-14-8-7-13(11-12(14)6-3)15(18)17-10-5-2;1-2/h7-8,11,16H,4-6,9-10H2,1-3H3,(H,17,18);1-2H3. The van der Waals surface area contributed by atoms with Gasteiger partial charge in [-0.25, -0.2) is 0 Å². The van der Waals surface area contributed by atoms with Gasteiger partial charge in [-0.15, -0.1) is 0 Å². The molecule has 0 aromatic heterocycles. The molecule has 0 saturated carbocycles. The van der Waals surface area contributed by atoms with E-state index in [-0.39, 0.29) is 5.91 Å². The van der Waals surface area contributed by atoms with Crippen LogP contribution in [0, 0.1) is 0 Å². The second-order valence-electron chi connectivity index (χ2n) is 4.41. The van der Waals surface area contributed by atoms with E-state index in [4.69, 9.17) is 0 Å². The first-order valence-electron chi connectivity index (χ1n) is 7.87. The van der Waals surface area contributed by atoms with Gasteiger partial charge in [-0.3, -0.25) is 4.79 Å². The quantitative estimate of drug-likeness (QED) is 0.783. The highest BCUT2D eigenvalue weighted by Crippen LogP contribution is 2.18. The van der Waals surface area contributed by atoms with Gasteiger partial charge in [0.15, 0.2) is 0 Å². The molecule has 3 heteroatoms. The molecule has 0 unspecified atom stereocenters. The predicted octanol–water partition coefficient (Wildman–Crippen LogP) is 4.24. The van der Waals surface area contributed by atoms with E-state index in [1.807, 2.05) is 32.0 Å². The highest BCUT2D eigenvalue weighted by molar-refractivity contribution is 5.94. The van der Waals surface area contributed by atoms with Crippen LogP contribution in [0.15, 0.2) is 18.2 Å². The van der Waals surface area contributed by atoms with Crippen molar-refractivity contribution in [3.63, 3.8) is 0 Å². The molecule has 0 atom stereocenters. The molecule has 0 aliphatic heterocycles. The van der Waals surface area contributed by atoms with Gasteiger partial charge >= 0.3 is 0 Å². The van der Waals surface area contributed by atoms with E-state index in [1.54, 1.807) is 0 Å². The van der Waals surface area contributed by atoms with Crippen molar-refractivity contribution >= 4 is 11.6 Å². The van der Waals surface area contributed by atoms with E-state index in [1.165, 1.54) is 5.56 Å². The Kier molecular flexibility index (Phi) is 10.5. The summed E-state index contributed by atoms with van der Waals surface area (Å²) in [7, 11) is 0. The third-order valence-corrected chi connectivity index (χ3v) is 2.85. The average molecular weight is 278 g/mol. The molecule has 0 saturated heterocycles. The smallest absolute Gasteiger partial charge is 0.251 e. The number of hydrogen-bond donors (Lipinski definition) is 2. The number of hydrogen-bond acceptors (Lipinski definition) is 2. The lowest BCUT2D eigenvalue weighted by Crippen LogP contribution is -2.24. The summed E-state index contributed by atoms with van der Waals surface area (Å²) in [6.45, 7) is 12.0. The van der Waals surface area contributed by atoms with E-state index in [0.29, 0.717) is 0 Å². The molecule has 0 fully saturated rings. The van der Waals surface area contributed by atoms with E-state index in [0.717, 1.165) is 43.6 Å². The van der Waals surface area contributed by atoms with E-state index >= 15 is 0 Å². The molecule has 3 nitrogen and oxygen atoms in total. The van der Waals surface area contributed by atoms with Gasteiger partial charge < -0.3 is 10.6 Å². The van der Waals surface area contributed by atoms with Crippen molar-refractivity contribution in [3.8, 4) is 0 Å². The summed E-state index contributed by atoms with van der Waals surface area (Å²) in [5.74, 6) is 0.0218. The monoisotopic (exact) mass is 278 g/mol. The summed E-state index contributed by atoms with van der Waals surface area (Å²) in [5.41, 5.74) is 3.10. The fourth-order valence-electron chi connectivity index (χ4n) is 1.80. The highest BCUT2D eigenvalue weighted by atomic mass is 16.1. The molecule has 2 N–H and O–H groups in total. The van der Waals surface area contributed by atoms with Gasteiger partial charge in [-0.2, -0.15) is 0 Å². The Bertz CT molecular complexity index is 389. The van der Waals surface area contributed by atoms with Gasteiger partial charge in [0.1, 0.15) is 0 Å². The maximum atomic E-state index is 11.9. The number of carbonyl (C=O) groups excluding carboxylic acids is 1. The van der Waals surface area contributed by atoms with Crippen molar-refractivity contribution in [1.82, 2.24) is 5.32 Å². The third-order valence-electron chi connectivity index (χ3n) is 2.85. The van der Waals surface area contributed by atoms with Crippen LogP contribution in [0.5, 0.6) is 0 Å². The molecule has 1 aromatic rings. The van der Waals surface area contributed by atoms with Crippen molar-refractivity contribution in [1.29, 1.82) is 0 Å². The van der Waals surface area contributed by atoms with Gasteiger partial charge in [0.25, 0.3) is 5.91 Å². The van der Waals surface area contributed by atoms with Crippen LogP contribution >= 0.6 is 0 Å². The molecule has 0 aliphatic carbocycles. The SMILES string of the molecule is CC.CCCNC(=O)c1ccc(NCCC)c(CC)c1. The zero-order valence-corrected chi connectivity index (χ0v) is 13.7. The van der Waals surface area contributed by atoms with Gasteiger partial charge in [0.05, 0.1) is 0 Å². The van der Waals surface area contributed by atoms with E-state index in [2.05, 4.69) is 31.4 Å². The van der Waals surface area contributed by atoms with Crippen LogP contribution in [-0.4, -0.2) is 19.0 Å². The second-order valence-corrected chi connectivity index (χ2v) is 4.41. The molecular weight excluding hydrogens is 248 g/mol. The van der Waals surface area contributed by atoms with Crippen molar-refractivity contribution in [3.05, 3.63) is 29.3 Å². The number of carbonyl (C=O) groups is 1. The Balaban J connectivity index is 0.00000172. The summed E-state index contributed by atoms with van der Waals surface area (Å²) in [5, 5.41) is 6.29. The maximum Gasteiger partial charge on any atom is 0.251 e. The number of aryl methyl sites for hydroxylation is 1. The molecule has 1 amide bonds. The normalized spacial score (nSPS) is 9.45. The zero-order valence-electron chi connectivity index (χ0n) is 13.7.